The second kappa shape index (κ2) is 7.13. The number of para-hydroxylation sites is 2. The molecule has 6 heteroatoms. The number of aromatic nitrogens is 1. The number of pyridine rings is 1. The fourth-order valence-electron chi connectivity index (χ4n) is 3.25. The zero-order valence-electron chi connectivity index (χ0n) is 14.5. The van der Waals surface area contributed by atoms with Crippen molar-refractivity contribution in [3.05, 3.63) is 98.2 Å². The van der Waals surface area contributed by atoms with E-state index in [1.165, 1.54) is 10.3 Å². The Morgan fingerprint density at radius 1 is 0.857 bits per heavy atom. The van der Waals surface area contributed by atoms with Gasteiger partial charge in [-0.25, -0.2) is 4.99 Å². The third kappa shape index (κ3) is 2.94. The van der Waals surface area contributed by atoms with Crippen LogP contribution in [0.5, 0.6) is 0 Å². The predicted octanol–water partition coefficient (Wildman–Crippen LogP) is 6.26. The van der Waals surface area contributed by atoms with Gasteiger partial charge in [-0.2, -0.15) is 0 Å². The average molecular weight is 465 g/mol. The van der Waals surface area contributed by atoms with Crippen LogP contribution in [0.1, 0.15) is 0 Å². The molecule has 0 aliphatic rings. The fraction of sp³-hybridized carbons (Fsp3) is 0. The molecule has 3 nitrogen and oxygen atoms in total. The van der Waals surface area contributed by atoms with Crippen LogP contribution in [0.2, 0.25) is 0 Å². The molecule has 0 aliphatic heterocycles. The van der Waals surface area contributed by atoms with Gasteiger partial charge in [0.2, 0.25) is 5.43 Å². The molecule has 0 saturated heterocycles. The first-order valence-corrected chi connectivity index (χ1v) is 11.6. The van der Waals surface area contributed by atoms with Gasteiger partial charge in [0, 0.05) is 15.5 Å². The van der Waals surface area contributed by atoms with Gasteiger partial charge in [-0.1, -0.05) is 73.0 Å². The van der Waals surface area contributed by atoms with Crippen LogP contribution in [-0.4, -0.2) is 4.57 Å². The Balaban J connectivity index is 1.97. The molecule has 2 heterocycles. The van der Waals surface area contributed by atoms with E-state index in [-0.39, 0.29) is 5.43 Å². The number of fused-ring (bicyclic) bond motifs is 2. The molecular formula is C22H13BrN2OS2. The molecule has 0 fully saturated rings. The minimum absolute atomic E-state index is 0.0249. The fourth-order valence-corrected chi connectivity index (χ4v) is 6.10. The molecule has 0 bridgehead atoms. The van der Waals surface area contributed by atoms with Crippen molar-refractivity contribution in [2.75, 3.05) is 0 Å². The van der Waals surface area contributed by atoms with E-state index in [9.17, 15) is 4.79 Å². The second-order valence-electron chi connectivity index (χ2n) is 6.26. The molecule has 0 unspecified atom stereocenters. The lowest BCUT2D eigenvalue weighted by molar-refractivity contribution is 1.17. The maximum atomic E-state index is 13.4. The lowest BCUT2D eigenvalue weighted by Gasteiger charge is -2.13. The van der Waals surface area contributed by atoms with Gasteiger partial charge >= 0.3 is 0 Å². The number of benzene rings is 3. The minimum Gasteiger partial charge on any atom is -0.300 e. The standard InChI is InChI=1S/C22H13BrN2OS2/c23-14-11-12-17-18(13-14)25(16-9-5-2-6-10-16)22-19(20(17)26)21(27-28-22)24-15-7-3-1-4-8-15/h1-13H. The summed E-state index contributed by atoms with van der Waals surface area (Å²) in [6, 6.07) is 25.7. The summed E-state index contributed by atoms with van der Waals surface area (Å²) in [6.45, 7) is 0. The van der Waals surface area contributed by atoms with Crippen molar-refractivity contribution in [2.24, 2.45) is 4.99 Å². The second-order valence-corrected chi connectivity index (χ2v) is 9.28. The maximum absolute atomic E-state index is 13.4. The Kier molecular flexibility index (Phi) is 4.47. The van der Waals surface area contributed by atoms with Crippen molar-refractivity contribution in [1.29, 1.82) is 0 Å². The molecule has 0 atom stereocenters. The Morgan fingerprint density at radius 2 is 1.57 bits per heavy atom. The smallest absolute Gasteiger partial charge is 0.201 e. The summed E-state index contributed by atoms with van der Waals surface area (Å²) >= 11 is 3.55. The van der Waals surface area contributed by atoms with Gasteiger partial charge in [0.15, 0.2) is 0 Å². The van der Waals surface area contributed by atoms with Crippen LogP contribution < -0.4 is 10.1 Å². The number of hydrogen-bond donors (Lipinski definition) is 0. The largest absolute Gasteiger partial charge is 0.300 e. The van der Waals surface area contributed by atoms with Crippen LogP contribution in [0.25, 0.3) is 26.8 Å². The third-order valence-corrected chi connectivity index (χ3v) is 7.28. The van der Waals surface area contributed by atoms with Crippen molar-refractivity contribution < 1.29 is 0 Å². The average Bonchev–Trinajstić information content (AvgIpc) is 3.13. The van der Waals surface area contributed by atoms with E-state index in [4.69, 9.17) is 4.99 Å². The Bertz CT molecular complexity index is 1430. The zero-order chi connectivity index (χ0) is 19.1. The lowest BCUT2D eigenvalue weighted by atomic mass is 10.1. The topological polar surface area (TPSA) is 34.4 Å². The molecule has 3 aromatic carbocycles. The molecule has 0 aliphatic carbocycles. The zero-order valence-corrected chi connectivity index (χ0v) is 17.7. The van der Waals surface area contributed by atoms with Crippen LogP contribution >= 0.6 is 36.6 Å². The summed E-state index contributed by atoms with van der Waals surface area (Å²) in [4.78, 5) is 19.1. The summed E-state index contributed by atoms with van der Waals surface area (Å²) in [5.74, 6) is 0. The summed E-state index contributed by atoms with van der Waals surface area (Å²) < 4.78 is 3.85. The van der Waals surface area contributed by atoms with E-state index in [0.717, 1.165) is 30.9 Å². The van der Waals surface area contributed by atoms with E-state index >= 15 is 0 Å². The van der Waals surface area contributed by atoms with E-state index < -0.39 is 0 Å². The van der Waals surface area contributed by atoms with Gasteiger partial charge in [-0.15, -0.1) is 0 Å². The molecule has 0 radical (unpaired) electrons. The maximum Gasteiger partial charge on any atom is 0.201 e. The number of rotatable bonds is 2. The predicted molar refractivity (Wildman–Crippen MR) is 122 cm³/mol. The molecule has 5 rings (SSSR count). The van der Waals surface area contributed by atoms with Crippen LogP contribution in [0, 0.1) is 0 Å². The normalized spacial score (nSPS) is 12.1. The number of halogens is 1. The van der Waals surface area contributed by atoms with Crippen molar-refractivity contribution in [2.45, 2.75) is 0 Å². The van der Waals surface area contributed by atoms with Gasteiger partial charge in [0.05, 0.1) is 16.6 Å². The number of hydrogen-bond acceptors (Lipinski definition) is 4. The van der Waals surface area contributed by atoms with E-state index in [1.54, 1.807) is 10.3 Å². The van der Waals surface area contributed by atoms with Crippen LogP contribution in [0.15, 0.2) is 93.1 Å². The van der Waals surface area contributed by atoms with Crippen LogP contribution in [0.3, 0.4) is 0 Å². The molecular weight excluding hydrogens is 452 g/mol. The highest BCUT2D eigenvalue weighted by molar-refractivity contribution is 9.10. The molecule has 2 aromatic heterocycles. The molecule has 28 heavy (non-hydrogen) atoms. The molecule has 0 saturated carbocycles. The van der Waals surface area contributed by atoms with Crippen LogP contribution in [-0.2, 0) is 0 Å². The Morgan fingerprint density at radius 3 is 2.32 bits per heavy atom. The van der Waals surface area contributed by atoms with Crippen LogP contribution in [0.4, 0.5) is 5.69 Å². The Labute approximate surface area is 176 Å². The van der Waals surface area contributed by atoms with Gasteiger partial charge < -0.3 is 0 Å². The molecule has 136 valence electrons. The van der Waals surface area contributed by atoms with E-state index in [2.05, 4.69) is 32.6 Å². The summed E-state index contributed by atoms with van der Waals surface area (Å²) in [7, 11) is 3.12. The Hall–Kier alpha value is -2.54. The van der Waals surface area contributed by atoms with E-state index in [0.29, 0.717) is 10.8 Å². The van der Waals surface area contributed by atoms with Gasteiger partial charge in [-0.05, 0) is 42.5 Å². The van der Waals surface area contributed by atoms with Gasteiger partial charge in [0.25, 0.3) is 0 Å². The first-order valence-electron chi connectivity index (χ1n) is 8.65. The monoisotopic (exact) mass is 464 g/mol. The first-order chi connectivity index (χ1) is 13.7. The third-order valence-electron chi connectivity index (χ3n) is 4.50. The summed E-state index contributed by atoms with van der Waals surface area (Å²) in [6.07, 6.45) is 0. The van der Waals surface area contributed by atoms with Gasteiger partial charge in [-0.3, -0.25) is 9.36 Å². The van der Waals surface area contributed by atoms with Crippen molar-refractivity contribution in [3.8, 4) is 5.69 Å². The molecule has 0 N–H and O–H groups in total. The van der Waals surface area contributed by atoms with Gasteiger partial charge in [0.1, 0.15) is 9.50 Å². The van der Waals surface area contributed by atoms with Crippen molar-refractivity contribution in [1.82, 2.24) is 4.57 Å². The number of nitrogens with zero attached hydrogens (tertiary/aromatic N) is 2. The molecule has 5 aromatic rings. The molecule has 0 amide bonds. The van der Waals surface area contributed by atoms with Crippen molar-refractivity contribution in [3.63, 3.8) is 0 Å². The highest BCUT2D eigenvalue weighted by Gasteiger charge is 2.16. The van der Waals surface area contributed by atoms with E-state index in [1.807, 2.05) is 66.7 Å². The molecule has 0 spiro atoms. The lowest BCUT2D eigenvalue weighted by Crippen LogP contribution is -2.14. The summed E-state index contributed by atoms with van der Waals surface area (Å²) in [5, 5.41) is 1.37. The van der Waals surface area contributed by atoms with Crippen molar-refractivity contribution >= 4 is 63.4 Å². The quantitative estimate of drug-likeness (QED) is 0.283. The SMILES string of the molecule is O=c1c2ccc(Br)cc2n(-c2ccccc2)c2ssc(=Nc3ccccc3)c12. The minimum atomic E-state index is 0.0249. The first kappa shape index (κ1) is 17.6. The highest BCUT2D eigenvalue weighted by atomic mass is 79.9. The summed E-state index contributed by atoms with van der Waals surface area (Å²) in [5.41, 5.74) is 2.78. The highest BCUT2D eigenvalue weighted by Crippen LogP contribution is 2.29.